The maximum Gasteiger partial charge on any atom is 0.573 e. The maximum absolute atomic E-state index is 13.8. The number of amides is 2. The number of alkyl halides is 3. The van der Waals surface area contributed by atoms with Crippen molar-refractivity contribution >= 4 is 17.6 Å². The van der Waals surface area contributed by atoms with Crippen molar-refractivity contribution in [3.8, 4) is 5.75 Å². The predicted molar refractivity (Wildman–Crippen MR) is 87.4 cm³/mol. The molecule has 2 aromatic rings. The van der Waals surface area contributed by atoms with Crippen LogP contribution in [0.5, 0.6) is 5.75 Å². The Morgan fingerprint density at radius 2 is 1.93 bits per heavy atom. The summed E-state index contributed by atoms with van der Waals surface area (Å²) < 4.78 is 54.2. The number of pyridine rings is 1. The van der Waals surface area contributed by atoms with Crippen LogP contribution in [-0.4, -0.2) is 23.2 Å². The zero-order valence-electron chi connectivity index (χ0n) is 14.1. The molecule has 10 heteroatoms. The van der Waals surface area contributed by atoms with Crippen LogP contribution in [0.1, 0.15) is 29.3 Å². The number of hydrogen-bond donors (Lipinski definition) is 2. The van der Waals surface area contributed by atoms with Gasteiger partial charge < -0.3 is 15.4 Å². The molecule has 0 saturated heterocycles. The van der Waals surface area contributed by atoms with Gasteiger partial charge in [0.1, 0.15) is 17.4 Å². The van der Waals surface area contributed by atoms with E-state index >= 15 is 0 Å². The van der Waals surface area contributed by atoms with Crippen LogP contribution < -0.4 is 15.4 Å². The second-order valence-electron chi connectivity index (χ2n) is 5.32. The number of carbonyl (C=O) groups excluding carboxylic acids is 2. The van der Waals surface area contributed by atoms with Crippen molar-refractivity contribution in [2.24, 2.45) is 0 Å². The van der Waals surface area contributed by atoms with E-state index in [-0.39, 0.29) is 35.8 Å². The van der Waals surface area contributed by atoms with Gasteiger partial charge in [-0.05, 0) is 30.3 Å². The lowest BCUT2D eigenvalue weighted by molar-refractivity contribution is -0.274. The van der Waals surface area contributed by atoms with E-state index < -0.39 is 23.8 Å². The number of nitrogens with one attached hydrogen (secondary N) is 2. The van der Waals surface area contributed by atoms with Crippen molar-refractivity contribution in [2.45, 2.75) is 26.3 Å². The highest BCUT2D eigenvalue weighted by atomic mass is 19.4. The van der Waals surface area contributed by atoms with Crippen molar-refractivity contribution in [3.05, 3.63) is 53.5 Å². The highest BCUT2D eigenvalue weighted by Crippen LogP contribution is 2.24. The molecule has 0 spiro atoms. The summed E-state index contributed by atoms with van der Waals surface area (Å²) in [5.74, 6) is -2.13. The van der Waals surface area contributed by atoms with Gasteiger partial charge in [0.25, 0.3) is 5.91 Å². The average Bonchev–Trinajstić information content (AvgIpc) is 2.60. The van der Waals surface area contributed by atoms with E-state index in [1.54, 1.807) is 6.92 Å². The summed E-state index contributed by atoms with van der Waals surface area (Å²) in [6, 6.07) is 5.19. The Morgan fingerprint density at radius 3 is 2.59 bits per heavy atom. The molecule has 6 nitrogen and oxygen atoms in total. The predicted octanol–water partition coefficient (Wildman–Crippen LogP) is 3.40. The Kier molecular flexibility index (Phi) is 6.32. The number of halogens is 4. The molecule has 27 heavy (non-hydrogen) atoms. The molecule has 0 aliphatic heterocycles. The van der Waals surface area contributed by atoms with Crippen LogP contribution >= 0.6 is 0 Å². The van der Waals surface area contributed by atoms with Gasteiger partial charge in [-0.3, -0.25) is 9.59 Å². The molecule has 144 valence electrons. The normalized spacial score (nSPS) is 11.0. The quantitative estimate of drug-likeness (QED) is 0.747. The molecule has 0 aliphatic carbocycles. The maximum atomic E-state index is 13.8. The monoisotopic (exact) mass is 385 g/mol. The van der Waals surface area contributed by atoms with Gasteiger partial charge in [-0.1, -0.05) is 6.92 Å². The Labute approximate surface area is 151 Å². The zero-order chi connectivity index (χ0) is 20.0. The van der Waals surface area contributed by atoms with Gasteiger partial charge in [-0.15, -0.1) is 13.2 Å². The first-order valence-corrected chi connectivity index (χ1v) is 7.76. The van der Waals surface area contributed by atoms with Crippen molar-refractivity contribution in [1.82, 2.24) is 10.3 Å². The Hall–Kier alpha value is -3.17. The molecule has 0 aliphatic rings. The molecule has 0 bridgehead atoms. The summed E-state index contributed by atoms with van der Waals surface area (Å²) in [5.41, 5.74) is -0.0434. The number of rotatable bonds is 6. The molecule has 1 aromatic carbocycles. The lowest BCUT2D eigenvalue weighted by Crippen LogP contribution is -2.24. The molecular formula is C17H15F4N3O3. The standard InChI is InChI=1S/C17H15F4N3O3/c1-2-15(25)24-14-8-10(5-6-22-14)16(26)23-9-11-7-12(3-4-13(11)18)27-17(19,20)21/h3-8H,2,9H2,1H3,(H,23,26)(H,22,24,25). The average molecular weight is 385 g/mol. The molecule has 2 amide bonds. The van der Waals surface area contributed by atoms with Gasteiger partial charge >= 0.3 is 6.36 Å². The van der Waals surface area contributed by atoms with Crippen LogP contribution in [0.15, 0.2) is 36.5 Å². The molecule has 0 atom stereocenters. The first-order chi connectivity index (χ1) is 12.7. The molecule has 0 radical (unpaired) electrons. The van der Waals surface area contributed by atoms with Crippen LogP contribution in [0, 0.1) is 5.82 Å². The number of hydrogen-bond acceptors (Lipinski definition) is 4. The summed E-state index contributed by atoms with van der Waals surface area (Å²) in [4.78, 5) is 27.4. The molecule has 0 fully saturated rings. The van der Waals surface area contributed by atoms with Crippen LogP contribution in [0.3, 0.4) is 0 Å². The number of aromatic nitrogens is 1. The molecule has 2 N–H and O–H groups in total. The largest absolute Gasteiger partial charge is 0.573 e. The molecule has 0 unspecified atom stereocenters. The molecule has 2 rings (SSSR count). The van der Waals surface area contributed by atoms with E-state index in [4.69, 9.17) is 0 Å². The Morgan fingerprint density at radius 1 is 1.19 bits per heavy atom. The van der Waals surface area contributed by atoms with Crippen LogP contribution in [0.25, 0.3) is 0 Å². The number of ether oxygens (including phenoxy) is 1. The third-order valence-corrected chi connectivity index (χ3v) is 3.30. The van der Waals surface area contributed by atoms with Crippen molar-refractivity contribution < 1.29 is 31.9 Å². The molecular weight excluding hydrogens is 370 g/mol. The number of carbonyl (C=O) groups is 2. The summed E-state index contributed by atoms with van der Waals surface area (Å²) >= 11 is 0. The summed E-state index contributed by atoms with van der Waals surface area (Å²) in [5, 5.41) is 4.87. The third-order valence-electron chi connectivity index (χ3n) is 3.30. The third kappa shape index (κ3) is 6.24. The minimum atomic E-state index is -4.91. The van der Waals surface area contributed by atoms with E-state index in [1.807, 2.05) is 0 Å². The first-order valence-electron chi connectivity index (χ1n) is 7.76. The van der Waals surface area contributed by atoms with Gasteiger partial charge in [-0.2, -0.15) is 0 Å². The van der Waals surface area contributed by atoms with Crippen LogP contribution in [0.4, 0.5) is 23.4 Å². The van der Waals surface area contributed by atoms with Gasteiger partial charge in [0.05, 0.1) is 0 Å². The summed E-state index contributed by atoms with van der Waals surface area (Å²) in [7, 11) is 0. The highest BCUT2D eigenvalue weighted by molar-refractivity contribution is 5.96. The van der Waals surface area contributed by atoms with Gasteiger partial charge in [0.15, 0.2) is 0 Å². The second kappa shape index (κ2) is 8.47. The van der Waals surface area contributed by atoms with Gasteiger partial charge in [0, 0.05) is 30.3 Å². The second-order valence-corrected chi connectivity index (χ2v) is 5.32. The van der Waals surface area contributed by atoms with Gasteiger partial charge in [0.2, 0.25) is 5.91 Å². The van der Waals surface area contributed by atoms with Gasteiger partial charge in [-0.25, -0.2) is 9.37 Å². The minimum absolute atomic E-state index is 0.138. The minimum Gasteiger partial charge on any atom is -0.406 e. The zero-order valence-corrected chi connectivity index (χ0v) is 14.1. The van der Waals surface area contributed by atoms with Crippen molar-refractivity contribution in [3.63, 3.8) is 0 Å². The summed E-state index contributed by atoms with van der Waals surface area (Å²) in [6.07, 6.45) is -3.37. The molecule has 1 heterocycles. The van der Waals surface area contributed by atoms with Crippen molar-refractivity contribution in [2.75, 3.05) is 5.32 Å². The molecule has 0 saturated carbocycles. The number of nitrogens with zero attached hydrogens (tertiary/aromatic N) is 1. The highest BCUT2D eigenvalue weighted by Gasteiger charge is 2.31. The Bertz CT molecular complexity index is 840. The lowest BCUT2D eigenvalue weighted by Gasteiger charge is -2.11. The van der Waals surface area contributed by atoms with E-state index in [2.05, 4.69) is 20.4 Å². The van der Waals surface area contributed by atoms with Crippen molar-refractivity contribution in [1.29, 1.82) is 0 Å². The van der Waals surface area contributed by atoms with E-state index in [1.165, 1.54) is 18.3 Å². The fourth-order valence-electron chi connectivity index (χ4n) is 2.03. The fraction of sp³-hybridized carbons (Fsp3) is 0.235. The molecule has 1 aromatic heterocycles. The smallest absolute Gasteiger partial charge is 0.406 e. The van der Waals surface area contributed by atoms with E-state index in [9.17, 15) is 27.2 Å². The summed E-state index contributed by atoms with van der Waals surface area (Å²) in [6.45, 7) is 1.29. The van der Waals surface area contributed by atoms with Crippen LogP contribution in [0.2, 0.25) is 0 Å². The lowest BCUT2D eigenvalue weighted by atomic mass is 10.2. The number of benzene rings is 1. The first kappa shape index (κ1) is 20.1. The SMILES string of the molecule is CCC(=O)Nc1cc(C(=O)NCc2cc(OC(F)(F)F)ccc2F)ccn1. The van der Waals surface area contributed by atoms with Crippen LogP contribution in [-0.2, 0) is 11.3 Å². The Balaban J connectivity index is 2.06. The topological polar surface area (TPSA) is 80.3 Å². The fourth-order valence-corrected chi connectivity index (χ4v) is 2.03. The van der Waals surface area contributed by atoms with E-state index in [0.717, 1.165) is 18.2 Å². The number of anilines is 1. The van der Waals surface area contributed by atoms with E-state index in [0.29, 0.717) is 0 Å².